The van der Waals surface area contributed by atoms with Crippen molar-refractivity contribution in [2.45, 2.75) is 25.4 Å². The molecule has 0 bridgehead atoms. The van der Waals surface area contributed by atoms with Crippen molar-refractivity contribution in [2.24, 2.45) is 11.7 Å². The van der Waals surface area contributed by atoms with Gasteiger partial charge in [-0.1, -0.05) is 30.3 Å². The number of nitrogens with one attached hydrogen (secondary N) is 1. The molecule has 0 saturated carbocycles. The summed E-state index contributed by atoms with van der Waals surface area (Å²) in [6.07, 6.45) is 1.75. The standard InChI is InChI=1S/C17H27N3O2/c1-20(13-14-5-3-2-4-6-14)10-9-19-17(21)16(18)15-7-11-22-12-8-15/h2-6,15-16H,7-13,18H2,1H3,(H,19,21). The minimum Gasteiger partial charge on any atom is -0.381 e. The molecular weight excluding hydrogens is 278 g/mol. The number of ether oxygens (including phenoxy) is 1. The summed E-state index contributed by atoms with van der Waals surface area (Å²) in [7, 11) is 2.05. The molecule has 3 N–H and O–H groups in total. The molecule has 1 saturated heterocycles. The molecular formula is C17H27N3O2. The monoisotopic (exact) mass is 305 g/mol. The van der Waals surface area contributed by atoms with Crippen LogP contribution in [0.15, 0.2) is 30.3 Å². The maximum atomic E-state index is 12.1. The molecule has 22 heavy (non-hydrogen) atoms. The fourth-order valence-electron chi connectivity index (χ4n) is 2.75. The lowest BCUT2D eigenvalue weighted by Gasteiger charge is -2.27. The van der Waals surface area contributed by atoms with E-state index in [2.05, 4.69) is 29.4 Å². The van der Waals surface area contributed by atoms with E-state index in [1.165, 1.54) is 5.56 Å². The fraction of sp³-hybridized carbons (Fsp3) is 0.588. The van der Waals surface area contributed by atoms with E-state index in [1.54, 1.807) is 0 Å². The largest absolute Gasteiger partial charge is 0.381 e. The van der Waals surface area contributed by atoms with Crippen molar-refractivity contribution in [1.82, 2.24) is 10.2 Å². The number of carbonyl (C=O) groups excluding carboxylic acids is 1. The maximum Gasteiger partial charge on any atom is 0.237 e. The Hall–Kier alpha value is -1.43. The molecule has 122 valence electrons. The second kappa shape index (κ2) is 8.88. The van der Waals surface area contributed by atoms with Gasteiger partial charge >= 0.3 is 0 Å². The maximum absolute atomic E-state index is 12.1. The molecule has 1 aliphatic heterocycles. The Bertz CT molecular complexity index is 446. The SMILES string of the molecule is CN(CCNC(=O)C(N)C1CCOCC1)Cc1ccccc1. The van der Waals surface area contributed by atoms with Gasteiger partial charge in [-0.15, -0.1) is 0 Å². The summed E-state index contributed by atoms with van der Waals surface area (Å²) >= 11 is 0. The van der Waals surface area contributed by atoms with E-state index >= 15 is 0 Å². The third-order valence-electron chi connectivity index (χ3n) is 4.16. The molecule has 0 radical (unpaired) electrons. The zero-order valence-electron chi connectivity index (χ0n) is 13.3. The smallest absolute Gasteiger partial charge is 0.237 e. The van der Waals surface area contributed by atoms with E-state index in [9.17, 15) is 4.79 Å². The molecule has 0 aliphatic carbocycles. The lowest BCUT2D eigenvalue weighted by Crippen LogP contribution is -2.48. The third kappa shape index (κ3) is 5.40. The number of nitrogens with two attached hydrogens (primary N) is 1. The van der Waals surface area contributed by atoms with Crippen molar-refractivity contribution in [3.8, 4) is 0 Å². The molecule has 5 nitrogen and oxygen atoms in total. The Morgan fingerprint density at radius 3 is 2.73 bits per heavy atom. The molecule has 1 atom stereocenters. The quantitative estimate of drug-likeness (QED) is 0.788. The first-order chi connectivity index (χ1) is 10.7. The first-order valence-corrected chi connectivity index (χ1v) is 8.00. The number of benzene rings is 1. The first kappa shape index (κ1) is 16.9. The minimum absolute atomic E-state index is 0.0417. The van der Waals surface area contributed by atoms with Crippen molar-refractivity contribution in [2.75, 3.05) is 33.4 Å². The lowest BCUT2D eigenvalue weighted by molar-refractivity contribution is -0.124. The van der Waals surface area contributed by atoms with Gasteiger partial charge in [0.15, 0.2) is 0 Å². The molecule has 1 aliphatic rings. The van der Waals surface area contributed by atoms with Gasteiger partial charge in [-0.05, 0) is 31.4 Å². The number of hydrogen-bond acceptors (Lipinski definition) is 4. The predicted octanol–water partition coefficient (Wildman–Crippen LogP) is 0.989. The van der Waals surface area contributed by atoms with Crippen molar-refractivity contribution < 1.29 is 9.53 Å². The number of carbonyl (C=O) groups is 1. The molecule has 1 aromatic rings. The number of amides is 1. The molecule has 0 aromatic heterocycles. The van der Waals surface area contributed by atoms with Crippen LogP contribution in [0.3, 0.4) is 0 Å². The van der Waals surface area contributed by atoms with Crippen LogP contribution in [0.4, 0.5) is 0 Å². The topological polar surface area (TPSA) is 67.6 Å². The minimum atomic E-state index is -0.414. The Labute approximate surface area is 132 Å². The molecule has 1 aromatic carbocycles. The normalized spacial score (nSPS) is 17.4. The van der Waals surface area contributed by atoms with Gasteiger partial charge in [-0.3, -0.25) is 4.79 Å². The van der Waals surface area contributed by atoms with Crippen molar-refractivity contribution in [1.29, 1.82) is 0 Å². The Morgan fingerprint density at radius 2 is 2.05 bits per heavy atom. The summed E-state index contributed by atoms with van der Waals surface area (Å²) < 4.78 is 5.30. The highest BCUT2D eigenvalue weighted by Gasteiger charge is 2.26. The molecule has 1 amide bonds. The average Bonchev–Trinajstić information content (AvgIpc) is 2.55. The number of likely N-dealkylation sites (N-methyl/N-ethyl adjacent to an activating group) is 1. The Kier molecular flexibility index (Phi) is 6.83. The van der Waals surface area contributed by atoms with Gasteiger partial charge in [0.25, 0.3) is 0 Å². The van der Waals surface area contributed by atoms with Gasteiger partial charge in [0.2, 0.25) is 5.91 Å². The van der Waals surface area contributed by atoms with Crippen molar-refractivity contribution in [3.05, 3.63) is 35.9 Å². The summed E-state index contributed by atoms with van der Waals surface area (Å²) in [5.74, 6) is 0.204. The molecule has 5 heteroatoms. The first-order valence-electron chi connectivity index (χ1n) is 8.00. The van der Waals surface area contributed by atoms with Crippen LogP contribution in [-0.2, 0) is 16.1 Å². The van der Waals surface area contributed by atoms with Crippen LogP contribution in [-0.4, -0.2) is 50.2 Å². The van der Waals surface area contributed by atoms with Gasteiger partial charge in [0.1, 0.15) is 0 Å². The zero-order valence-corrected chi connectivity index (χ0v) is 13.3. The van der Waals surface area contributed by atoms with E-state index in [-0.39, 0.29) is 11.8 Å². The summed E-state index contributed by atoms with van der Waals surface area (Å²) in [5, 5.41) is 2.95. The highest BCUT2D eigenvalue weighted by Crippen LogP contribution is 2.17. The summed E-state index contributed by atoms with van der Waals surface area (Å²) in [4.78, 5) is 14.3. The number of rotatable bonds is 7. The summed E-state index contributed by atoms with van der Waals surface area (Å²) in [6, 6.07) is 9.90. The predicted molar refractivity (Wildman–Crippen MR) is 87.3 cm³/mol. The van der Waals surface area contributed by atoms with Crippen LogP contribution in [0.25, 0.3) is 0 Å². The third-order valence-corrected chi connectivity index (χ3v) is 4.16. The highest BCUT2D eigenvalue weighted by molar-refractivity contribution is 5.81. The van der Waals surface area contributed by atoms with Gasteiger partial charge in [-0.2, -0.15) is 0 Å². The van der Waals surface area contributed by atoms with Gasteiger partial charge in [0, 0.05) is 32.8 Å². The van der Waals surface area contributed by atoms with E-state index in [1.807, 2.05) is 18.2 Å². The second-order valence-corrected chi connectivity index (χ2v) is 5.99. The Morgan fingerprint density at radius 1 is 1.36 bits per heavy atom. The van der Waals surface area contributed by atoms with E-state index in [4.69, 9.17) is 10.5 Å². The van der Waals surface area contributed by atoms with Gasteiger partial charge < -0.3 is 20.7 Å². The van der Waals surface area contributed by atoms with Crippen LogP contribution in [0.2, 0.25) is 0 Å². The number of nitrogens with zero attached hydrogens (tertiary/aromatic N) is 1. The number of hydrogen-bond donors (Lipinski definition) is 2. The molecule has 1 unspecified atom stereocenters. The van der Waals surface area contributed by atoms with E-state index in [0.29, 0.717) is 19.8 Å². The zero-order chi connectivity index (χ0) is 15.8. The van der Waals surface area contributed by atoms with Crippen LogP contribution in [0, 0.1) is 5.92 Å². The molecule has 0 spiro atoms. The molecule has 2 rings (SSSR count). The fourth-order valence-corrected chi connectivity index (χ4v) is 2.75. The van der Waals surface area contributed by atoms with E-state index in [0.717, 1.165) is 25.9 Å². The van der Waals surface area contributed by atoms with Crippen LogP contribution >= 0.6 is 0 Å². The van der Waals surface area contributed by atoms with Crippen molar-refractivity contribution >= 4 is 5.91 Å². The van der Waals surface area contributed by atoms with Gasteiger partial charge in [-0.25, -0.2) is 0 Å². The molecule has 1 fully saturated rings. The Balaban J connectivity index is 1.65. The molecule has 1 heterocycles. The summed E-state index contributed by atoms with van der Waals surface area (Å²) in [6.45, 7) is 3.74. The second-order valence-electron chi connectivity index (χ2n) is 5.99. The lowest BCUT2D eigenvalue weighted by atomic mass is 9.92. The summed E-state index contributed by atoms with van der Waals surface area (Å²) in [5.41, 5.74) is 7.32. The van der Waals surface area contributed by atoms with Crippen molar-refractivity contribution in [3.63, 3.8) is 0 Å². The van der Waals surface area contributed by atoms with Crippen LogP contribution in [0.5, 0.6) is 0 Å². The van der Waals surface area contributed by atoms with Crippen LogP contribution < -0.4 is 11.1 Å². The van der Waals surface area contributed by atoms with E-state index < -0.39 is 6.04 Å². The van der Waals surface area contributed by atoms with Gasteiger partial charge in [0.05, 0.1) is 6.04 Å². The van der Waals surface area contributed by atoms with Crippen LogP contribution in [0.1, 0.15) is 18.4 Å². The highest BCUT2D eigenvalue weighted by atomic mass is 16.5. The average molecular weight is 305 g/mol.